The lowest BCUT2D eigenvalue weighted by atomic mass is 9.81. The number of pyridine rings is 2. The monoisotopic (exact) mass is 593 g/mol. The van der Waals surface area contributed by atoms with Crippen LogP contribution in [0.5, 0.6) is 17.5 Å². The Labute approximate surface area is 251 Å². The molecular weight excluding hydrogens is 565 g/mol. The van der Waals surface area contributed by atoms with Crippen molar-refractivity contribution < 1.29 is 28.6 Å². The van der Waals surface area contributed by atoms with E-state index in [9.17, 15) is 19.1 Å². The van der Waals surface area contributed by atoms with Crippen LogP contribution < -0.4 is 15.2 Å². The summed E-state index contributed by atoms with van der Waals surface area (Å²) in [6.45, 7) is 3.20. The van der Waals surface area contributed by atoms with E-state index >= 15 is 0 Å². The van der Waals surface area contributed by atoms with Gasteiger partial charge in [0.1, 0.15) is 40.4 Å². The minimum atomic E-state index is -1.60. The van der Waals surface area contributed by atoms with Gasteiger partial charge >= 0.3 is 6.01 Å². The van der Waals surface area contributed by atoms with E-state index in [-0.39, 0.29) is 36.9 Å². The zero-order valence-electron chi connectivity index (χ0n) is 24.0. The highest BCUT2D eigenvalue weighted by atomic mass is 19.1. The zero-order valence-corrected chi connectivity index (χ0v) is 24.0. The molecule has 0 saturated carbocycles. The number of aromatic nitrogens is 4. The van der Waals surface area contributed by atoms with E-state index in [2.05, 4.69) is 15.0 Å². The fourth-order valence-electron chi connectivity index (χ4n) is 5.13. The van der Waals surface area contributed by atoms with E-state index in [4.69, 9.17) is 20.2 Å². The smallest absolute Gasteiger partial charge is 0.321 e. The van der Waals surface area contributed by atoms with Gasteiger partial charge in [0.2, 0.25) is 5.91 Å². The van der Waals surface area contributed by atoms with E-state index in [0.29, 0.717) is 44.8 Å². The first-order valence-corrected chi connectivity index (χ1v) is 13.9. The molecule has 2 atom stereocenters. The summed E-state index contributed by atoms with van der Waals surface area (Å²) in [5.74, 6) is -0.616. The molecule has 1 amide bonds. The minimum absolute atomic E-state index is 0.00230. The Morgan fingerprint density at radius 1 is 1.07 bits per heavy atom. The number of benzene rings is 2. The van der Waals surface area contributed by atoms with Crippen LogP contribution in [0.25, 0.3) is 22.2 Å². The number of nitrogens with zero attached hydrogens (tertiary/aromatic N) is 4. The molecule has 11 heteroatoms. The Morgan fingerprint density at radius 2 is 1.80 bits per heavy atom. The Balaban J connectivity index is 1.32. The summed E-state index contributed by atoms with van der Waals surface area (Å²) in [5, 5.41) is 12.4. The number of ketones is 1. The Morgan fingerprint density at radius 3 is 2.52 bits per heavy atom. The molecule has 222 valence electrons. The average molecular weight is 594 g/mol. The predicted molar refractivity (Wildman–Crippen MR) is 159 cm³/mol. The maximum absolute atomic E-state index is 13.7. The van der Waals surface area contributed by atoms with Crippen LogP contribution >= 0.6 is 0 Å². The number of carbonyl (C=O) groups excluding carboxylic acids is 2. The number of hydrogen-bond donors (Lipinski definition) is 2. The van der Waals surface area contributed by atoms with Crippen molar-refractivity contribution in [2.75, 3.05) is 6.61 Å². The van der Waals surface area contributed by atoms with Gasteiger partial charge in [-0.1, -0.05) is 6.07 Å². The number of amides is 1. The van der Waals surface area contributed by atoms with Gasteiger partial charge in [-0.25, -0.2) is 19.3 Å². The van der Waals surface area contributed by atoms with Crippen LogP contribution in [0.2, 0.25) is 0 Å². The summed E-state index contributed by atoms with van der Waals surface area (Å²) in [4.78, 5) is 43.3. The van der Waals surface area contributed by atoms with Crippen LogP contribution in [0.3, 0.4) is 0 Å². The molecule has 0 spiro atoms. The minimum Gasteiger partial charge on any atom is -0.489 e. The van der Waals surface area contributed by atoms with Crippen molar-refractivity contribution in [1.82, 2.24) is 19.9 Å². The van der Waals surface area contributed by atoms with Gasteiger partial charge in [0.25, 0.3) is 0 Å². The van der Waals surface area contributed by atoms with E-state index in [1.165, 1.54) is 24.3 Å². The summed E-state index contributed by atoms with van der Waals surface area (Å²) in [6.07, 6.45) is 4.66. The second-order valence-electron chi connectivity index (χ2n) is 11.1. The fraction of sp³-hybridized carbons (Fsp3) is 0.212. The summed E-state index contributed by atoms with van der Waals surface area (Å²) < 4.78 is 25.5. The lowest BCUT2D eigenvalue weighted by molar-refractivity contribution is -0.123. The number of aliphatic hydroxyl groups is 1. The molecule has 0 radical (unpaired) electrons. The van der Waals surface area contributed by atoms with E-state index in [0.717, 1.165) is 0 Å². The molecule has 0 unspecified atom stereocenters. The maximum atomic E-state index is 13.7. The van der Waals surface area contributed by atoms with Crippen LogP contribution in [-0.2, 0) is 15.8 Å². The topological polar surface area (TPSA) is 150 Å². The van der Waals surface area contributed by atoms with E-state index < -0.39 is 22.7 Å². The quantitative estimate of drug-likeness (QED) is 0.224. The fourth-order valence-corrected chi connectivity index (χ4v) is 5.13. The molecule has 0 fully saturated rings. The number of nitrogens with two attached hydrogens (primary N) is 1. The molecule has 44 heavy (non-hydrogen) atoms. The van der Waals surface area contributed by atoms with Crippen LogP contribution in [0.15, 0.2) is 79.3 Å². The second-order valence-corrected chi connectivity index (χ2v) is 11.1. The largest absolute Gasteiger partial charge is 0.489 e. The van der Waals surface area contributed by atoms with Crippen molar-refractivity contribution in [3.8, 4) is 28.8 Å². The molecule has 0 saturated heterocycles. The second kappa shape index (κ2) is 11.1. The third-order valence-corrected chi connectivity index (χ3v) is 7.86. The van der Waals surface area contributed by atoms with Gasteiger partial charge in [-0.05, 0) is 74.9 Å². The highest BCUT2D eigenvalue weighted by Crippen LogP contribution is 2.46. The highest BCUT2D eigenvalue weighted by Gasteiger charge is 2.45. The highest BCUT2D eigenvalue weighted by molar-refractivity contribution is 6.01. The van der Waals surface area contributed by atoms with Crippen molar-refractivity contribution in [3.63, 3.8) is 0 Å². The number of hydrogen-bond acceptors (Lipinski definition) is 9. The summed E-state index contributed by atoms with van der Waals surface area (Å²) >= 11 is 0. The molecule has 6 rings (SSSR count). The standard InChI is InChI=1S/C33H28FN5O5/c1-32(30(35)41)18-43-29-23(32)17-26(39-28(29)19-6-8-22(34)9-7-19)33(2,42)11-10-24(40)21-15-20-5-3-12-36-27(20)25(16-21)44-31-37-13-4-14-38-31/h3-9,12-17,42H,10-11,18H2,1-2H3,(H2,35,41)/t32-,33-/m0/s1. The van der Waals surface area contributed by atoms with Gasteiger partial charge in [0.05, 0.1) is 5.69 Å². The van der Waals surface area contributed by atoms with Gasteiger partial charge < -0.3 is 20.3 Å². The number of halogens is 1. The van der Waals surface area contributed by atoms with Crippen molar-refractivity contribution in [3.05, 3.63) is 102 Å². The van der Waals surface area contributed by atoms with Gasteiger partial charge in [0, 0.05) is 47.1 Å². The van der Waals surface area contributed by atoms with Crippen LogP contribution in [0.1, 0.15) is 48.3 Å². The summed E-state index contributed by atoms with van der Waals surface area (Å²) in [5.41, 5.74) is 5.43. The lowest BCUT2D eigenvalue weighted by Gasteiger charge is -2.26. The van der Waals surface area contributed by atoms with E-state index in [1.807, 2.05) is 6.07 Å². The third-order valence-electron chi connectivity index (χ3n) is 7.86. The third kappa shape index (κ3) is 5.33. The van der Waals surface area contributed by atoms with E-state index in [1.54, 1.807) is 62.8 Å². The molecule has 2 aromatic carbocycles. The summed E-state index contributed by atoms with van der Waals surface area (Å²) in [7, 11) is 0. The number of primary amides is 1. The summed E-state index contributed by atoms with van der Waals surface area (Å²) in [6, 6.07) is 15.9. The molecular formula is C33H28FN5O5. The van der Waals surface area contributed by atoms with Crippen LogP contribution in [0, 0.1) is 5.82 Å². The van der Waals surface area contributed by atoms with Gasteiger partial charge in [-0.3, -0.25) is 14.6 Å². The first-order valence-electron chi connectivity index (χ1n) is 13.9. The van der Waals surface area contributed by atoms with Gasteiger partial charge in [0.15, 0.2) is 11.5 Å². The first-order chi connectivity index (χ1) is 21.0. The van der Waals surface area contributed by atoms with Gasteiger partial charge in [-0.15, -0.1) is 0 Å². The molecule has 3 aromatic heterocycles. The Bertz CT molecular complexity index is 1900. The van der Waals surface area contributed by atoms with Crippen molar-refractivity contribution in [2.24, 2.45) is 5.73 Å². The molecule has 1 aliphatic rings. The van der Waals surface area contributed by atoms with Crippen molar-refractivity contribution >= 4 is 22.6 Å². The molecule has 3 N–H and O–H groups in total. The molecule has 0 aliphatic carbocycles. The normalized spacial score (nSPS) is 17.0. The van der Waals surface area contributed by atoms with Crippen LogP contribution in [0.4, 0.5) is 4.39 Å². The zero-order chi connectivity index (χ0) is 31.1. The number of rotatable bonds is 9. The number of ether oxygens (including phenoxy) is 2. The van der Waals surface area contributed by atoms with Crippen molar-refractivity contribution in [1.29, 1.82) is 0 Å². The number of carbonyl (C=O) groups is 2. The molecule has 0 bridgehead atoms. The lowest BCUT2D eigenvalue weighted by Crippen LogP contribution is -2.40. The van der Waals surface area contributed by atoms with Gasteiger partial charge in [-0.2, -0.15) is 0 Å². The Kier molecular flexibility index (Phi) is 7.26. The Hall–Kier alpha value is -5.29. The van der Waals surface area contributed by atoms with Crippen molar-refractivity contribution in [2.45, 2.75) is 37.7 Å². The first kappa shape index (κ1) is 28.8. The number of Topliss-reactive ketones (excluding diaryl/α,β-unsaturated/α-hetero) is 1. The predicted octanol–water partition coefficient (Wildman–Crippen LogP) is 5.02. The average Bonchev–Trinajstić information content (AvgIpc) is 3.38. The molecule has 5 aromatic rings. The molecule has 1 aliphatic heterocycles. The van der Waals surface area contributed by atoms with Crippen LogP contribution in [-0.4, -0.2) is 43.3 Å². The number of fused-ring (bicyclic) bond motifs is 2. The molecule has 10 nitrogen and oxygen atoms in total. The SMILES string of the molecule is C[C@](O)(CCC(=O)c1cc(Oc2ncccn2)c2ncccc2c1)c1cc2c(c(-c3ccc(F)cc3)n1)OC[C@]2(C)C(N)=O. The molecule has 4 heterocycles. The maximum Gasteiger partial charge on any atom is 0.321 e.